The standard InChI is InChI=1S/C28H26N2O6/c1-17-5-7-18(8-6-17)27(32)22-15-30(24-12-10-19(34-2)13-21(24)28(22)33)16-26(31)29-23-11-9-20(35-3)14-25(23)36-4/h5-15H,16H2,1-4H3,(H,29,31). The summed E-state index contributed by atoms with van der Waals surface area (Å²) < 4.78 is 17.4. The molecule has 0 aliphatic rings. The van der Waals surface area contributed by atoms with Crippen LogP contribution in [0, 0.1) is 6.92 Å². The van der Waals surface area contributed by atoms with Gasteiger partial charge in [-0.25, -0.2) is 0 Å². The second-order valence-electron chi connectivity index (χ2n) is 8.19. The molecule has 0 fully saturated rings. The number of amides is 1. The maximum absolute atomic E-state index is 13.3. The lowest BCUT2D eigenvalue weighted by Crippen LogP contribution is -2.24. The Balaban J connectivity index is 1.75. The van der Waals surface area contributed by atoms with Gasteiger partial charge in [-0.15, -0.1) is 0 Å². The number of carbonyl (C=O) groups excluding carboxylic acids is 2. The van der Waals surface area contributed by atoms with E-state index in [4.69, 9.17) is 14.2 Å². The van der Waals surface area contributed by atoms with Crippen LogP contribution in [-0.4, -0.2) is 37.6 Å². The normalized spacial score (nSPS) is 10.7. The van der Waals surface area contributed by atoms with Gasteiger partial charge in [-0.1, -0.05) is 29.8 Å². The van der Waals surface area contributed by atoms with Crippen molar-refractivity contribution < 1.29 is 23.8 Å². The smallest absolute Gasteiger partial charge is 0.244 e. The zero-order valence-electron chi connectivity index (χ0n) is 20.5. The summed E-state index contributed by atoms with van der Waals surface area (Å²) >= 11 is 0. The molecule has 0 aliphatic heterocycles. The number of ketones is 1. The summed E-state index contributed by atoms with van der Waals surface area (Å²) in [5, 5.41) is 3.10. The fourth-order valence-corrected chi connectivity index (χ4v) is 3.90. The van der Waals surface area contributed by atoms with Crippen LogP contribution in [0.15, 0.2) is 71.7 Å². The van der Waals surface area contributed by atoms with Crippen LogP contribution in [0.1, 0.15) is 21.5 Å². The molecule has 4 aromatic rings. The Morgan fingerprint density at radius 2 is 1.53 bits per heavy atom. The van der Waals surface area contributed by atoms with E-state index in [2.05, 4.69) is 5.32 Å². The minimum absolute atomic E-state index is 0.0329. The van der Waals surface area contributed by atoms with Gasteiger partial charge in [-0.3, -0.25) is 14.4 Å². The second kappa shape index (κ2) is 10.4. The largest absolute Gasteiger partial charge is 0.497 e. The van der Waals surface area contributed by atoms with Crippen molar-refractivity contribution in [3.8, 4) is 17.2 Å². The average molecular weight is 487 g/mol. The van der Waals surface area contributed by atoms with Crippen molar-refractivity contribution in [1.82, 2.24) is 4.57 Å². The highest BCUT2D eigenvalue weighted by Gasteiger charge is 2.19. The quantitative estimate of drug-likeness (QED) is 0.375. The fraction of sp³-hybridized carbons (Fsp3) is 0.179. The molecule has 1 aromatic heterocycles. The van der Waals surface area contributed by atoms with E-state index in [1.807, 2.05) is 19.1 Å². The van der Waals surface area contributed by atoms with Crippen molar-refractivity contribution >= 4 is 28.3 Å². The number of nitrogens with zero attached hydrogens (tertiary/aromatic N) is 1. The first-order chi connectivity index (χ1) is 17.3. The van der Waals surface area contributed by atoms with Gasteiger partial charge in [0.05, 0.1) is 43.5 Å². The van der Waals surface area contributed by atoms with Crippen LogP contribution in [0.3, 0.4) is 0 Å². The third-order valence-corrected chi connectivity index (χ3v) is 5.84. The van der Waals surface area contributed by atoms with E-state index in [0.29, 0.717) is 34.0 Å². The molecule has 3 aromatic carbocycles. The van der Waals surface area contributed by atoms with Gasteiger partial charge in [0.2, 0.25) is 11.3 Å². The number of hydrogen-bond donors (Lipinski definition) is 1. The molecule has 36 heavy (non-hydrogen) atoms. The van der Waals surface area contributed by atoms with Gasteiger partial charge < -0.3 is 24.1 Å². The number of ether oxygens (including phenoxy) is 3. The molecular formula is C28H26N2O6. The molecule has 184 valence electrons. The molecule has 0 radical (unpaired) electrons. The van der Waals surface area contributed by atoms with Crippen LogP contribution in [0.4, 0.5) is 5.69 Å². The molecule has 0 saturated heterocycles. The molecule has 0 atom stereocenters. The van der Waals surface area contributed by atoms with Gasteiger partial charge in [-0.2, -0.15) is 0 Å². The zero-order valence-corrected chi connectivity index (χ0v) is 20.5. The first-order valence-electron chi connectivity index (χ1n) is 11.2. The summed E-state index contributed by atoms with van der Waals surface area (Å²) in [6.45, 7) is 1.77. The maximum Gasteiger partial charge on any atom is 0.244 e. The van der Waals surface area contributed by atoms with Crippen molar-refractivity contribution in [1.29, 1.82) is 0 Å². The highest BCUT2D eigenvalue weighted by molar-refractivity contribution is 6.10. The summed E-state index contributed by atoms with van der Waals surface area (Å²) in [7, 11) is 4.53. The lowest BCUT2D eigenvalue weighted by molar-refractivity contribution is -0.116. The van der Waals surface area contributed by atoms with E-state index < -0.39 is 11.2 Å². The molecule has 1 N–H and O–H groups in total. The van der Waals surface area contributed by atoms with Crippen molar-refractivity contribution in [2.45, 2.75) is 13.5 Å². The number of fused-ring (bicyclic) bond motifs is 1. The number of anilines is 1. The Bertz CT molecular complexity index is 1510. The minimum Gasteiger partial charge on any atom is -0.497 e. The van der Waals surface area contributed by atoms with Gasteiger partial charge in [-0.05, 0) is 37.3 Å². The molecule has 0 bridgehead atoms. The number of hydrogen-bond acceptors (Lipinski definition) is 6. The van der Waals surface area contributed by atoms with E-state index in [1.165, 1.54) is 20.4 Å². The van der Waals surface area contributed by atoms with Gasteiger partial charge in [0.15, 0.2) is 5.78 Å². The third-order valence-electron chi connectivity index (χ3n) is 5.84. The van der Waals surface area contributed by atoms with Crippen LogP contribution in [0.2, 0.25) is 0 Å². The molecule has 8 heteroatoms. The number of rotatable bonds is 8. The summed E-state index contributed by atoms with van der Waals surface area (Å²) in [6.07, 6.45) is 1.43. The van der Waals surface area contributed by atoms with E-state index >= 15 is 0 Å². The average Bonchev–Trinajstić information content (AvgIpc) is 2.90. The molecule has 0 unspecified atom stereocenters. The zero-order chi connectivity index (χ0) is 25.8. The molecular weight excluding hydrogens is 460 g/mol. The number of nitrogens with one attached hydrogen (secondary N) is 1. The van der Waals surface area contributed by atoms with E-state index in [-0.39, 0.29) is 23.4 Å². The first kappa shape index (κ1) is 24.5. The first-order valence-corrected chi connectivity index (χ1v) is 11.2. The highest BCUT2D eigenvalue weighted by Crippen LogP contribution is 2.29. The van der Waals surface area contributed by atoms with Crippen LogP contribution >= 0.6 is 0 Å². The van der Waals surface area contributed by atoms with Crippen LogP contribution in [-0.2, 0) is 11.3 Å². The predicted molar refractivity (Wildman–Crippen MR) is 138 cm³/mol. The number of methoxy groups -OCH3 is 3. The maximum atomic E-state index is 13.3. The van der Waals surface area contributed by atoms with E-state index in [9.17, 15) is 14.4 Å². The lowest BCUT2D eigenvalue weighted by atomic mass is 10.0. The molecule has 1 amide bonds. The van der Waals surface area contributed by atoms with Crippen molar-refractivity contribution in [3.63, 3.8) is 0 Å². The van der Waals surface area contributed by atoms with Crippen molar-refractivity contribution in [2.24, 2.45) is 0 Å². The monoisotopic (exact) mass is 486 g/mol. The highest BCUT2D eigenvalue weighted by atomic mass is 16.5. The number of carbonyl (C=O) groups is 2. The van der Waals surface area contributed by atoms with E-state index in [1.54, 1.807) is 60.2 Å². The SMILES string of the molecule is COc1ccc(NC(=O)Cn2cc(C(=O)c3ccc(C)cc3)c(=O)c3cc(OC)ccc32)c(OC)c1. The van der Waals surface area contributed by atoms with E-state index in [0.717, 1.165) is 5.56 Å². The third kappa shape index (κ3) is 4.93. The van der Waals surface area contributed by atoms with Gasteiger partial charge in [0.25, 0.3) is 0 Å². The Labute approximate surface area is 208 Å². The Morgan fingerprint density at radius 1 is 0.861 bits per heavy atom. The molecule has 8 nitrogen and oxygen atoms in total. The molecule has 1 heterocycles. The minimum atomic E-state index is -0.428. The van der Waals surface area contributed by atoms with Crippen molar-refractivity contribution in [3.05, 3.63) is 93.8 Å². The number of aryl methyl sites for hydroxylation is 1. The Hall–Kier alpha value is -4.59. The predicted octanol–water partition coefficient (Wildman–Crippen LogP) is 4.21. The van der Waals surface area contributed by atoms with Gasteiger partial charge in [0, 0.05) is 17.8 Å². The lowest BCUT2D eigenvalue weighted by Gasteiger charge is -2.15. The Kier molecular flexibility index (Phi) is 7.05. The molecule has 0 spiro atoms. The van der Waals surface area contributed by atoms with Crippen LogP contribution in [0.25, 0.3) is 10.9 Å². The van der Waals surface area contributed by atoms with Crippen molar-refractivity contribution in [2.75, 3.05) is 26.6 Å². The number of pyridine rings is 1. The fourth-order valence-electron chi connectivity index (χ4n) is 3.90. The Morgan fingerprint density at radius 3 is 2.19 bits per heavy atom. The van der Waals surface area contributed by atoms with Crippen LogP contribution in [0.5, 0.6) is 17.2 Å². The molecule has 0 aliphatic carbocycles. The topological polar surface area (TPSA) is 95.9 Å². The molecule has 4 rings (SSSR count). The molecule has 0 saturated carbocycles. The number of benzene rings is 3. The number of aromatic nitrogens is 1. The summed E-state index contributed by atoms with van der Waals surface area (Å²) in [6, 6.07) is 17.0. The second-order valence-corrected chi connectivity index (χ2v) is 8.19. The van der Waals surface area contributed by atoms with Gasteiger partial charge >= 0.3 is 0 Å². The van der Waals surface area contributed by atoms with Crippen LogP contribution < -0.4 is 25.0 Å². The summed E-state index contributed by atoms with van der Waals surface area (Å²) in [5.41, 5.74) is 1.89. The summed E-state index contributed by atoms with van der Waals surface area (Å²) in [5.74, 6) is 0.707. The summed E-state index contributed by atoms with van der Waals surface area (Å²) in [4.78, 5) is 39.6. The van der Waals surface area contributed by atoms with Gasteiger partial charge in [0.1, 0.15) is 23.8 Å².